The van der Waals surface area contributed by atoms with Gasteiger partial charge in [0.15, 0.2) is 5.11 Å². The van der Waals surface area contributed by atoms with Crippen molar-refractivity contribution in [2.24, 2.45) is 0 Å². The maximum atomic E-state index is 12.3. The zero-order valence-corrected chi connectivity index (χ0v) is 14.0. The Bertz CT molecular complexity index is 540. The van der Waals surface area contributed by atoms with Crippen molar-refractivity contribution in [3.8, 4) is 0 Å². The number of rotatable bonds is 6. The number of amides is 1. The third-order valence-corrected chi connectivity index (χ3v) is 3.40. The summed E-state index contributed by atoms with van der Waals surface area (Å²) in [5.41, 5.74) is 0.707. The molecule has 0 aliphatic heterocycles. The highest BCUT2D eigenvalue weighted by Crippen LogP contribution is 2.07. The van der Waals surface area contributed by atoms with E-state index in [4.69, 9.17) is 12.2 Å². The maximum absolute atomic E-state index is 12.3. The molecular weight excluding hydrogens is 300 g/mol. The lowest BCUT2D eigenvalue weighted by molar-refractivity contribution is 0.0600. The van der Waals surface area contributed by atoms with Gasteiger partial charge in [-0.2, -0.15) is 0 Å². The zero-order chi connectivity index (χ0) is 16.5. The quantitative estimate of drug-likeness (QED) is 0.644. The van der Waals surface area contributed by atoms with Gasteiger partial charge in [-0.15, -0.1) is 0 Å². The normalized spacial score (nSPS) is 9.95. The van der Waals surface area contributed by atoms with E-state index in [0.29, 0.717) is 16.2 Å². The second kappa shape index (κ2) is 9.15. The average Bonchev–Trinajstić information content (AvgIpc) is 2.53. The summed E-state index contributed by atoms with van der Waals surface area (Å²) in [6.07, 6.45) is 1.90. The van der Waals surface area contributed by atoms with Gasteiger partial charge in [-0.25, -0.2) is 4.79 Å². The second-order valence-electron chi connectivity index (χ2n) is 4.82. The summed E-state index contributed by atoms with van der Waals surface area (Å²) in [5, 5.41) is 3.13. The number of hydrogen-bond donors (Lipinski definition) is 1. The molecular formula is C16H22N2O3S. The van der Waals surface area contributed by atoms with Crippen LogP contribution in [0.4, 0.5) is 0 Å². The molecule has 0 saturated heterocycles. The Hall–Kier alpha value is -1.95. The fourth-order valence-electron chi connectivity index (χ4n) is 2.01. The van der Waals surface area contributed by atoms with Gasteiger partial charge in [0.1, 0.15) is 0 Å². The molecule has 6 heteroatoms. The Kier molecular flexibility index (Phi) is 7.52. The van der Waals surface area contributed by atoms with Crippen LogP contribution in [0.3, 0.4) is 0 Å². The number of hydrogen-bond acceptors (Lipinski definition) is 4. The third kappa shape index (κ3) is 5.11. The Labute approximate surface area is 136 Å². The lowest BCUT2D eigenvalue weighted by Crippen LogP contribution is -2.43. The Morgan fingerprint density at radius 1 is 1.18 bits per heavy atom. The summed E-state index contributed by atoms with van der Waals surface area (Å²) in [5.74, 6) is -0.802. The molecule has 1 rings (SSSR count). The highest BCUT2D eigenvalue weighted by atomic mass is 32.1. The number of carbonyl (C=O) groups is 2. The number of ether oxygens (including phenoxy) is 1. The molecule has 1 aromatic carbocycles. The van der Waals surface area contributed by atoms with E-state index in [1.165, 1.54) is 13.2 Å². The molecule has 0 bridgehead atoms. The van der Waals surface area contributed by atoms with Gasteiger partial charge in [-0.3, -0.25) is 10.1 Å². The van der Waals surface area contributed by atoms with Crippen molar-refractivity contribution in [1.29, 1.82) is 0 Å². The number of nitrogens with zero attached hydrogens (tertiary/aromatic N) is 1. The van der Waals surface area contributed by atoms with Crippen molar-refractivity contribution in [3.63, 3.8) is 0 Å². The van der Waals surface area contributed by atoms with Crippen molar-refractivity contribution >= 4 is 29.2 Å². The van der Waals surface area contributed by atoms with Crippen LogP contribution >= 0.6 is 12.2 Å². The molecule has 0 radical (unpaired) electrons. The number of esters is 1. The van der Waals surface area contributed by atoms with Crippen molar-refractivity contribution in [3.05, 3.63) is 35.4 Å². The molecule has 0 aromatic heterocycles. The molecule has 0 saturated carbocycles. The zero-order valence-electron chi connectivity index (χ0n) is 13.2. The van der Waals surface area contributed by atoms with Crippen LogP contribution < -0.4 is 5.32 Å². The Balaban J connectivity index is 2.79. The van der Waals surface area contributed by atoms with E-state index in [1.807, 2.05) is 4.90 Å². The van der Waals surface area contributed by atoms with E-state index < -0.39 is 5.97 Å². The Morgan fingerprint density at radius 3 is 2.32 bits per heavy atom. The summed E-state index contributed by atoms with van der Waals surface area (Å²) in [7, 11) is 1.30. The predicted octanol–water partition coefficient (Wildman–Crippen LogP) is 2.61. The van der Waals surface area contributed by atoms with Gasteiger partial charge in [0.25, 0.3) is 5.91 Å². The van der Waals surface area contributed by atoms with Gasteiger partial charge in [-0.1, -0.05) is 19.9 Å². The summed E-state index contributed by atoms with van der Waals surface area (Å²) in [6, 6.07) is 6.36. The molecule has 1 N–H and O–H groups in total. The van der Waals surface area contributed by atoms with Crippen LogP contribution in [-0.4, -0.2) is 42.1 Å². The van der Waals surface area contributed by atoms with E-state index in [2.05, 4.69) is 23.9 Å². The van der Waals surface area contributed by atoms with E-state index in [-0.39, 0.29) is 5.91 Å². The SMILES string of the molecule is CCCN(CCC)C(=S)NC(=O)c1cccc(C(=O)OC)c1. The molecule has 0 aliphatic carbocycles. The molecule has 0 atom stereocenters. The van der Waals surface area contributed by atoms with Gasteiger partial charge in [-0.05, 0) is 43.3 Å². The predicted molar refractivity (Wildman–Crippen MR) is 90.0 cm³/mol. The molecule has 1 aromatic rings. The molecule has 0 unspecified atom stereocenters. The van der Waals surface area contributed by atoms with Crippen molar-refractivity contribution in [2.75, 3.05) is 20.2 Å². The molecule has 0 heterocycles. The van der Waals surface area contributed by atoms with Crippen LogP contribution in [0.1, 0.15) is 47.4 Å². The van der Waals surface area contributed by atoms with E-state index in [9.17, 15) is 9.59 Å². The molecule has 5 nitrogen and oxygen atoms in total. The van der Waals surface area contributed by atoms with Crippen LogP contribution in [0.2, 0.25) is 0 Å². The highest BCUT2D eigenvalue weighted by Gasteiger charge is 2.14. The molecule has 1 amide bonds. The molecule has 0 aliphatic rings. The van der Waals surface area contributed by atoms with E-state index >= 15 is 0 Å². The average molecular weight is 322 g/mol. The molecule has 22 heavy (non-hydrogen) atoms. The fourth-order valence-corrected chi connectivity index (χ4v) is 2.28. The minimum atomic E-state index is -0.476. The monoisotopic (exact) mass is 322 g/mol. The highest BCUT2D eigenvalue weighted by molar-refractivity contribution is 7.80. The standard InChI is InChI=1S/C16H22N2O3S/c1-4-9-18(10-5-2)16(22)17-14(19)12-7-6-8-13(11-12)15(20)21-3/h6-8,11H,4-5,9-10H2,1-3H3,(H,17,19,22). The van der Waals surface area contributed by atoms with E-state index in [0.717, 1.165) is 25.9 Å². The Morgan fingerprint density at radius 2 is 1.77 bits per heavy atom. The second-order valence-corrected chi connectivity index (χ2v) is 5.21. The van der Waals surface area contributed by atoms with Crippen LogP contribution in [-0.2, 0) is 4.74 Å². The van der Waals surface area contributed by atoms with Crippen LogP contribution in [0.5, 0.6) is 0 Å². The number of benzene rings is 1. The first-order valence-electron chi connectivity index (χ1n) is 7.32. The minimum Gasteiger partial charge on any atom is -0.465 e. The lowest BCUT2D eigenvalue weighted by Gasteiger charge is -2.24. The topological polar surface area (TPSA) is 58.6 Å². The largest absolute Gasteiger partial charge is 0.465 e. The first kappa shape index (κ1) is 18.1. The number of thiocarbonyl (C=S) groups is 1. The summed E-state index contributed by atoms with van der Waals surface area (Å²) in [4.78, 5) is 25.7. The van der Waals surface area contributed by atoms with Crippen LogP contribution in [0, 0.1) is 0 Å². The maximum Gasteiger partial charge on any atom is 0.337 e. The number of methoxy groups -OCH3 is 1. The molecule has 0 fully saturated rings. The van der Waals surface area contributed by atoms with Crippen molar-refractivity contribution in [1.82, 2.24) is 10.2 Å². The number of carbonyl (C=O) groups excluding carboxylic acids is 2. The molecule has 120 valence electrons. The van der Waals surface area contributed by atoms with E-state index in [1.54, 1.807) is 18.2 Å². The fraction of sp³-hybridized carbons (Fsp3) is 0.438. The van der Waals surface area contributed by atoms with Gasteiger partial charge in [0, 0.05) is 18.7 Å². The third-order valence-electron chi connectivity index (χ3n) is 3.04. The summed E-state index contributed by atoms with van der Waals surface area (Å²) >= 11 is 5.29. The summed E-state index contributed by atoms with van der Waals surface area (Å²) < 4.78 is 4.65. The lowest BCUT2D eigenvalue weighted by atomic mass is 10.1. The van der Waals surface area contributed by atoms with Crippen LogP contribution in [0.15, 0.2) is 24.3 Å². The minimum absolute atomic E-state index is 0.326. The van der Waals surface area contributed by atoms with Gasteiger partial charge in [0.05, 0.1) is 12.7 Å². The first-order valence-corrected chi connectivity index (χ1v) is 7.72. The van der Waals surface area contributed by atoms with Crippen LogP contribution in [0.25, 0.3) is 0 Å². The smallest absolute Gasteiger partial charge is 0.337 e. The van der Waals surface area contributed by atoms with Gasteiger partial charge in [0.2, 0.25) is 0 Å². The van der Waals surface area contributed by atoms with Crippen molar-refractivity contribution < 1.29 is 14.3 Å². The molecule has 0 spiro atoms. The first-order chi connectivity index (χ1) is 10.5. The van der Waals surface area contributed by atoms with Gasteiger partial charge >= 0.3 is 5.97 Å². The number of nitrogens with one attached hydrogen (secondary N) is 1. The van der Waals surface area contributed by atoms with Crippen molar-refractivity contribution in [2.45, 2.75) is 26.7 Å². The van der Waals surface area contributed by atoms with Gasteiger partial charge < -0.3 is 9.64 Å². The summed E-state index contributed by atoms with van der Waals surface area (Å²) in [6.45, 7) is 5.73.